The maximum Gasteiger partial charge on any atom is 0.394 e. The molecular formula is C14H14N2O4S. The van der Waals surface area contributed by atoms with Gasteiger partial charge in [0, 0.05) is 0 Å². The molecule has 110 valence electrons. The molecular weight excluding hydrogens is 292 g/mol. The molecule has 0 spiro atoms. The van der Waals surface area contributed by atoms with Crippen LogP contribution in [0.4, 0.5) is 0 Å². The molecule has 6 nitrogen and oxygen atoms in total. The number of hydrogen-bond donors (Lipinski definition) is 2. The monoisotopic (exact) mass is 306 g/mol. The van der Waals surface area contributed by atoms with Crippen molar-refractivity contribution in [1.29, 1.82) is 0 Å². The number of fused-ring (bicyclic) bond motifs is 2. The van der Waals surface area contributed by atoms with Crippen LogP contribution in [0, 0.1) is 13.8 Å². The second-order valence-electron chi connectivity index (χ2n) is 4.54. The van der Waals surface area contributed by atoms with E-state index in [0.717, 1.165) is 22.1 Å². The molecule has 0 saturated carbocycles. The molecule has 0 bridgehead atoms. The van der Waals surface area contributed by atoms with Gasteiger partial charge in [-0.3, -0.25) is 9.11 Å². The molecule has 1 heterocycles. The summed E-state index contributed by atoms with van der Waals surface area (Å²) in [5.74, 6) is 0. The van der Waals surface area contributed by atoms with Crippen LogP contribution in [-0.4, -0.2) is 27.5 Å². The number of benzene rings is 2. The molecule has 0 atom stereocenters. The van der Waals surface area contributed by atoms with Crippen molar-refractivity contribution in [3.63, 3.8) is 0 Å². The molecule has 3 rings (SSSR count). The van der Waals surface area contributed by atoms with E-state index in [1.807, 2.05) is 30.3 Å². The molecule has 21 heavy (non-hydrogen) atoms. The highest BCUT2D eigenvalue weighted by molar-refractivity contribution is 7.79. The van der Waals surface area contributed by atoms with Crippen molar-refractivity contribution in [2.24, 2.45) is 0 Å². The summed E-state index contributed by atoms with van der Waals surface area (Å²) in [6.07, 6.45) is 0. The zero-order valence-corrected chi connectivity index (χ0v) is 12.3. The third-order valence-electron chi connectivity index (χ3n) is 3.04. The predicted octanol–water partition coefficient (Wildman–Crippen LogP) is 2.75. The van der Waals surface area contributed by atoms with E-state index in [1.54, 1.807) is 0 Å². The van der Waals surface area contributed by atoms with Gasteiger partial charge < -0.3 is 0 Å². The van der Waals surface area contributed by atoms with Gasteiger partial charge in [0.25, 0.3) is 0 Å². The molecule has 0 unspecified atom stereocenters. The molecule has 7 heteroatoms. The van der Waals surface area contributed by atoms with E-state index in [4.69, 9.17) is 17.5 Å². The highest BCUT2D eigenvalue weighted by atomic mass is 32.3. The van der Waals surface area contributed by atoms with Gasteiger partial charge in [0.05, 0.1) is 22.1 Å². The number of para-hydroxylation sites is 2. The SMILES string of the molecule is Cc1ccc2nc3ccccc3nc2c1C.O=S(=O)(O)O. The molecule has 2 N–H and O–H groups in total. The van der Waals surface area contributed by atoms with Crippen molar-refractivity contribution in [2.45, 2.75) is 13.8 Å². The molecule has 0 aliphatic heterocycles. The lowest BCUT2D eigenvalue weighted by Gasteiger charge is -2.05. The summed E-state index contributed by atoms with van der Waals surface area (Å²) >= 11 is 0. The van der Waals surface area contributed by atoms with E-state index in [1.165, 1.54) is 11.1 Å². The maximum atomic E-state index is 8.74. The lowest BCUT2D eigenvalue weighted by atomic mass is 10.1. The quantitative estimate of drug-likeness (QED) is 0.489. The van der Waals surface area contributed by atoms with Gasteiger partial charge in [0.1, 0.15) is 0 Å². The molecule has 3 aromatic rings. The number of nitrogens with zero attached hydrogens (tertiary/aromatic N) is 2. The van der Waals surface area contributed by atoms with Crippen molar-refractivity contribution in [2.75, 3.05) is 0 Å². The largest absolute Gasteiger partial charge is 0.394 e. The Labute approximate surface area is 122 Å². The van der Waals surface area contributed by atoms with Gasteiger partial charge in [0.15, 0.2) is 0 Å². The number of aryl methyl sites for hydroxylation is 2. The van der Waals surface area contributed by atoms with Crippen LogP contribution in [0.1, 0.15) is 11.1 Å². The normalized spacial score (nSPS) is 11.2. The van der Waals surface area contributed by atoms with Crippen LogP contribution < -0.4 is 0 Å². The Bertz CT molecular complexity index is 899. The second kappa shape index (κ2) is 5.72. The Hall–Kier alpha value is -2.09. The third-order valence-corrected chi connectivity index (χ3v) is 3.04. The minimum Gasteiger partial charge on any atom is -0.264 e. The van der Waals surface area contributed by atoms with Crippen LogP contribution in [0.15, 0.2) is 36.4 Å². The summed E-state index contributed by atoms with van der Waals surface area (Å²) < 4.78 is 31.6. The molecule has 0 amide bonds. The van der Waals surface area contributed by atoms with Gasteiger partial charge in [-0.05, 0) is 43.2 Å². The molecule has 0 fully saturated rings. The zero-order chi connectivity index (χ0) is 15.6. The summed E-state index contributed by atoms with van der Waals surface area (Å²) in [6, 6.07) is 12.1. The smallest absolute Gasteiger partial charge is 0.264 e. The molecule has 0 aliphatic carbocycles. The standard InChI is InChI=1S/C14H12N2.H2O4S/c1-9-7-8-13-14(10(9)2)16-12-6-4-3-5-11(12)15-13;1-5(2,3)4/h3-8H,1-2H3;(H2,1,2,3,4). The van der Waals surface area contributed by atoms with Crippen molar-refractivity contribution in [1.82, 2.24) is 9.97 Å². The molecule has 2 aromatic carbocycles. The summed E-state index contributed by atoms with van der Waals surface area (Å²) in [7, 11) is -4.67. The van der Waals surface area contributed by atoms with Crippen molar-refractivity contribution >= 4 is 32.5 Å². The highest BCUT2D eigenvalue weighted by Crippen LogP contribution is 2.20. The van der Waals surface area contributed by atoms with Crippen molar-refractivity contribution in [3.8, 4) is 0 Å². The fourth-order valence-electron chi connectivity index (χ4n) is 1.92. The first-order valence-electron chi connectivity index (χ1n) is 6.08. The third kappa shape index (κ3) is 3.94. The molecule has 1 aromatic heterocycles. The van der Waals surface area contributed by atoms with Crippen molar-refractivity contribution < 1.29 is 17.5 Å². The van der Waals surface area contributed by atoms with Crippen molar-refractivity contribution in [3.05, 3.63) is 47.5 Å². The summed E-state index contributed by atoms with van der Waals surface area (Å²) in [4.78, 5) is 9.29. The van der Waals surface area contributed by atoms with E-state index >= 15 is 0 Å². The Kier molecular flexibility index (Phi) is 4.17. The van der Waals surface area contributed by atoms with Crippen LogP contribution in [0.2, 0.25) is 0 Å². The topological polar surface area (TPSA) is 100 Å². The fraction of sp³-hybridized carbons (Fsp3) is 0.143. The zero-order valence-electron chi connectivity index (χ0n) is 11.5. The summed E-state index contributed by atoms with van der Waals surface area (Å²) in [5.41, 5.74) is 6.38. The van der Waals surface area contributed by atoms with Gasteiger partial charge >= 0.3 is 10.4 Å². The average molecular weight is 306 g/mol. The lowest BCUT2D eigenvalue weighted by molar-refractivity contribution is 0.381. The first-order valence-corrected chi connectivity index (χ1v) is 7.48. The van der Waals surface area contributed by atoms with Gasteiger partial charge in [0.2, 0.25) is 0 Å². The van der Waals surface area contributed by atoms with Gasteiger partial charge in [-0.15, -0.1) is 0 Å². The first-order chi connectivity index (χ1) is 9.75. The van der Waals surface area contributed by atoms with E-state index in [0.29, 0.717) is 0 Å². The minimum absolute atomic E-state index is 0.957. The number of hydrogen-bond acceptors (Lipinski definition) is 4. The van der Waals surface area contributed by atoms with Crippen LogP contribution in [0.5, 0.6) is 0 Å². The Morgan fingerprint density at radius 2 is 1.38 bits per heavy atom. The van der Waals surface area contributed by atoms with Crippen LogP contribution >= 0.6 is 0 Å². The predicted molar refractivity (Wildman–Crippen MR) is 80.7 cm³/mol. The van der Waals surface area contributed by atoms with Crippen LogP contribution in [0.25, 0.3) is 22.1 Å². The number of rotatable bonds is 0. The Morgan fingerprint density at radius 3 is 1.95 bits per heavy atom. The maximum absolute atomic E-state index is 8.74. The Morgan fingerprint density at radius 1 is 0.857 bits per heavy atom. The van der Waals surface area contributed by atoms with E-state index < -0.39 is 10.4 Å². The van der Waals surface area contributed by atoms with E-state index in [9.17, 15) is 0 Å². The van der Waals surface area contributed by atoms with E-state index in [2.05, 4.69) is 29.9 Å². The second-order valence-corrected chi connectivity index (χ2v) is 5.43. The fourth-order valence-corrected chi connectivity index (χ4v) is 1.92. The van der Waals surface area contributed by atoms with Crippen LogP contribution in [-0.2, 0) is 10.4 Å². The van der Waals surface area contributed by atoms with Gasteiger partial charge in [-0.2, -0.15) is 8.42 Å². The minimum atomic E-state index is -4.67. The summed E-state index contributed by atoms with van der Waals surface area (Å²) in [6.45, 7) is 4.20. The Balaban J connectivity index is 0.000000282. The van der Waals surface area contributed by atoms with E-state index in [-0.39, 0.29) is 0 Å². The summed E-state index contributed by atoms with van der Waals surface area (Å²) in [5, 5.41) is 0. The average Bonchev–Trinajstić information content (AvgIpc) is 2.40. The molecule has 0 saturated heterocycles. The lowest BCUT2D eigenvalue weighted by Crippen LogP contribution is -1.91. The van der Waals surface area contributed by atoms with Gasteiger partial charge in [-0.25, -0.2) is 9.97 Å². The van der Waals surface area contributed by atoms with Gasteiger partial charge in [-0.1, -0.05) is 18.2 Å². The first kappa shape index (κ1) is 15.3. The molecule has 0 radical (unpaired) electrons. The van der Waals surface area contributed by atoms with Crippen LogP contribution in [0.3, 0.4) is 0 Å². The number of aromatic nitrogens is 2. The molecule has 0 aliphatic rings. The highest BCUT2D eigenvalue weighted by Gasteiger charge is 2.04.